The second-order valence-electron chi connectivity index (χ2n) is 4.47. The number of hydrogen-bond donors (Lipinski definition) is 0. The van der Waals surface area contributed by atoms with Crippen molar-refractivity contribution in [3.05, 3.63) is 0 Å². The van der Waals surface area contributed by atoms with E-state index in [1.54, 1.807) is 0 Å². The summed E-state index contributed by atoms with van der Waals surface area (Å²) in [6.07, 6.45) is 2.73. The molecule has 1 fully saturated rings. The largest absolute Gasteiger partial charge is 0.300 e. The molecule has 1 rings (SSSR count). The molecule has 0 aliphatic carbocycles. The first-order chi connectivity index (χ1) is 6.20. The molecule has 1 aliphatic heterocycles. The van der Waals surface area contributed by atoms with Crippen molar-refractivity contribution in [2.24, 2.45) is 5.92 Å². The first-order valence-electron chi connectivity index (χ1n) is 5.52. The Kier molecular flexibility index (Phi) is 5.18. The van der Waals surface area contributed by atoms with Crippen LogP contribution in [0.1, 0.15) is 33.6 Å². The third kappa shape index (κ3) is 4.37. The summed E-state index contributed by atoms with van der Waals surface area (Å²) in [6.45, 7) is 9.62. The highest BCUT2D eigenvalue weighted by atomic mass is 32.2. The summed E-state index contributed by atoms with van der Waals surface area (Å²) in [4.78, 5) is 2.67. The molecule has 0 bridgehead atoms. The molecule has 0 aromatic rings. The molecule has 78 valence electrons. The Hall–Kier alpha value is 0.310. The molecule has 0 aromatic carbocycles. The van der Waals surface area contributed by atoms with Gasteiger partial charge in [0.05, 0.1) is 0 Å². The van der Waals surface area contributed by atoms with E-state index < -0.39 is 0 Å². The van der Waals surface area contributed by atoms with Crippen LogP contribution in [-0.4, -0.2) is 35.5 Å². The van der Waals surface area contributed by atoms with Gasteiger partial charge in [-0.25, -0.2) is 0 Å². The monoisotopic (exact) mass is 201 g/mol. The third-order valence-electron chi connectivity index (χ3n) is 2.82. The molecule has 13 heavy (non-hydrogen) atoms. The lowest BCUT2D eigenvalue weighted by atomic mass is 10.1. The van der Waals surface area contributed by atoms with Crippen LogP contribution in [0.3, 0.4) is 0 Å². The minimum Gasteiger partial charge on any atom is -0.300 e. The Morgan fingerprint density at radius 2 is 2.15 bits per heavy atom. The van der Waals surface area contributed by atoms with Crippen LogP contribution < -0.4 is 0 Å². The van der Waals surface area contributed by atoms with E-state index >= 15 is 0 Å². The van der Waals surface area contributed by atoms with E-state index in [-0.39, 0.29) is 0 Å². The molecule has 0 saturated carbocycles. The lowest BCUT2D eigenvalue weighted by Crippen LogP contribution is -2.35. The lowest BCUT2D eigenvalue weighted by molar-refractivity contribution is 0.209. The van der Waals surface area contributed by atoms with Gasteiger partial charge >= 0.3 is 0 Å². The van der Waals surface area contributed by atoms with E-state index in [1.165, 1.54) is 37.4 Å². The van der Waals surface area contributed by atoms with Gasteiger partial charge in [-0.15, -0.1) is 0 Å². The van der Waals surface area contributed by atoms with E-state index in [0.29, 0.717) is 0 Å². The van der Waals surface area contributed by atoms with Crippen LogP contribution in [0.5, 0.6) is 0 Å². The van der Waals surface area contributed by atoms with Gasteiger partial charge in [-0.1, -0.05) is 13.8 Å². The zero-order valence-electron chi connectivity index (χ0n) is 9.25. The zero-order valence-corrected chi connectivity index (χ0v) is 10.1. The number of thioether (sulfide) groups is 1. The summed E-state index contributed by atoms with van der Waals surface area (Å²) in [5.41, 5.74) is 0. The van der Waals surface area contributed by atoms with Crippen LogP contribution in [0.25, 0.3) is 0 Å². The predicted octanol–water partition coefficient (Wildman–Crippen LogP) is 2.86. The summed E-state index contributed by atoms with van der Waals surface area (Å²) in [6, 6.07) is 0.814. The SMILES string of the molecule is CC(C)CCN1CCSCCC1C. The molecule has 1 aliphatic rings. The molecule has 2 heteroatoms. The lowest BCUT2D eigenvalue weighted by Gasteiger charge is -2.27. The van der Waals surface area contributed by atoms with Crippen molar-refractivity contribution in [2.75, 3.05) is 24.6 Å². The molecule has 0 radical (unpaired) electrons. The van der Waals surface area contributed by atoms with Crippen LogP contribution in [0.4, 0.5) is 0 Å². The van der Waals surface area contributed by atoms with Gasteiger partial charge in [0, 0.05) is 18.3 Å². The summed E-state index contributed by atoms with van der Waals surface area (Å²) < 4.78 is 0. The smallest absolute Gasteiger partial charge is 0.00752 e. The average molecular weight is 201 g/mol. The normalized spacial score (nSPS) is 26.3. The van der Waals surface area contributed by atoms with Crippen molar-refractivity contribution < 1.29 is 0 Å². The van der Waals surface area contributed by atoms with Gasteiger partial charge in [0.2, 0.25) is 0 Å². The van der Waals surface area contributed by atoms with Gasteiger partial charge in [-0.2, -0.15) is 11.8 Å². The Balaban J connectivity index is 2.27. The quantitative estimate of drug-likeness (QED) is 0.691. The van der Waals surface area contributed by atoms with Gasteiger partial charge in [0.1, 0.15) is 0 Å². The van der Waals surface area contributed by atoms with E-state index in [9.17, 15) is 0 Å². The Labute approximate surface area is 87.3 Å². The van der Waals surface area contributed by atoms with Gasteiger partial charge in [0.25, 0.3) is 0 Å². The first-order valence-corrected chi connectivity index (χ1v) is 6.67. The number of nitrogens with zero attached hydrogens (tertiary/aromatic N) is 1. The predicted molar refractivity (Wildman–Crippen MR) is 62.4 cm³/mol. The molecule has 1 unspecified atom stereocenters. The topological polar surface area (TPSA) is 3.24 Å². The molecule has 0 amide bonds. The first kappa shape index (κ1) is 11.4. The number of hydrogen-bond acceptors (Lipinski definition) is 2. The Morgan fingerprint density at radius 3 is 2.85 bits per heavy atom. The maximum Gasteiger partial charge on any atom is 0.00752 e. The fraction of sp³-hybridized carbons (Fsp3) is 1.00. The van der Waals surface area contributed by atoms with Gasteiger partial charge in [0.15, 0.2) is 0 Å². The second kappa shape index (κ2) is 5.92. The molecule has 1 nitrogen and oxygen atoms in total. The summed E-state index contributed by atoms with van der Waals surface area (Å²) in [5.74, 6) is 3.55. The van der Waals surface area contributed by atoms with Crippen LogP contribution in [0.2, 0.25) is 0 Å². The molecule has 0 N–H and O–H groups in total. The van der Waals surface area contributed by atoms with Crippen LogP contribution in [0, 0.1) is 5.92 Å². The average Bonchev–Trinajstić information content (AvgIpc) is 2.27. The Morgan fingerprint density at radius 1 is 1.38 bits per heavy atom. The standard InChI is InChI=1S/C11H23NS/c1-10(2)4-6-12-7-9-13-8-5-11(12)3/h10-11H,4-9H2,1-3H3. The van der Waals surface area contributed by atoms with Gasteiger partial charge in [-0.05, 0) is 38.0 Å². The molecule has 1 saturated heterocycles. The van der Waals surface area contributed by atoms with E-state index in [2.05, 4.69) is 37.4 Å². The minimum absolute atomic E-state index is 0.814. The fourth-order valence-electron chi connectivity index (χ4n) is 1.70. The van der Waals surface area contributed by atoms with Gasteiger partial charge in [-0.3, -0.25) is 4.90 Å². The van der Waals surface area contributed by atoms with E-state index in [0.717, 1.165) is 12.0 Å². The van der Waals surface area contributed by atoms with Crippen molar-refractivity contribution in [3.63, 3.8) is 0 Å². The molecule has 0 spiro atoms. The summed E-state index contributed by atoms with van der Waals surface area (Å²) in [5, 5.41) is 0. The highest BCUT2D eigenvalue weighted by Gasteiger charge is 2.16. The molecule has 1 heterocycles. The Bertz CT molecular complexity index is 136. The van der Waals surface area contributed by atoms with Crippen LogP contribution >= 0.6 is 11.8 Å². The third-order valence-corrected chi connectivity index (χ3v) is 3.82. The molecular formula is C11H23NS. The number of rotatable bonds is 3. The van der Waals surface area contributed by atoms with Crippen molar-refractivity contribution in [3.8, 4) is 0 Å². The second-order valence-corrected chi connectivity index (χ2v) is 5.69. The highest BCUT2D eigenvalue weighted by molar-refractivity contribution is 7.99. The van der Waals surface area contributed by atoms with Crippen molar-refractivity contribution in [1.29, 1.82) is 0 Å². The zero-order chi connectivity index (χ0) is 9.68. The van der Waals surface area contributed by atoms with Crippen LogP contribution in [0.15, 0.2) is 0 Å². The molecule has 0 aromatic heterocycles. The van der Waals surface area contributed by atoms with Gasteiger partial charge < -0.3 is 0 Å². The van der Waals surface area contributed by atoms with Crippen LogP contribution in [-0.2, 0) is 0 Å². The van der Waals surface area contributed by atoms with Crippen molar-refractivity contribution in [2.45, 2.75) is 39.7 Å². The highest BCUT2D eigenvalue weighted by Crippen LogP contribution is 2.16. The summed E-state index contributed by atoms with van der Waals surface area (Å²) >= 11 is 2.12. The van der Waals surface area contributed by atoms with E-state index in [1.807, 2.05) is 0 Å². The summed E-state index contributed by atoms with van der Waals surface area (Å²) in [7, 11) is 0. The maximum absolute atomic E-state index is 2.67. The molecule has 1 atom stereocenters. The van der Waals surface area contributed by atoms with E-state index in [4.69, 9.17) is 0 Å². The van der Waals surface area contributed by atoms with Crippen molar-refractivity contribution >= 4 is 11.8 Å². The maximum atomic E-state index is 2.67. The molecular weight excluding hydrogens is 178 g/mol. The minimum atomic E-state index is 0.814. The fourth-order valence-corrected chi connectivity index (χ4v) is 2.77. The van der Waals surface area contributed by atoms with Crippen molar-refractivity contribution in [1.82, 2.24) is 4.90 Å².